The number of allylic oxidation sites excluding steroid dienone is 1. The van der Waals surface area contributed by atoms with E-state index in [1.54, 1.807) is 41.8 Å². The van der Waals surface area contributed by atoms with E-state index < -0.39 is 17.8 Å². The third kappa shape index (κ3) is 6.34. The van der Waals surface area contributed by atoms with Gasteiger partial charge in [-0.1, -0.05) is 53.2 Å². The van der Waals surface area contributed by atoms with Gasteiger partial charge in [-0.05, 0) is 37.3 Å². The Labute approximate surface area is 204 Å². The minimum absolute atomic E-state index is 0.0610. The molecule has 0 aliphatic carbocycles. The topological polar surface area (TPSA) is 88.9 Å². The lowest BCUT2D eigenvalue weighted by molar-refractivity contribution is -0.113. The number of aromatic nitrogens is 3. The van der Waals surface area contributed by atoms with Crippen molar-refractivity contribution in [1.82, 2.24) is 20.1 Å². The standard InChI is InChI=1S/C22H20Cl2FN5O2S/c1-3-10-30-20(13(2)26-21(32)15-6-4-5-7-18(15)25)28-29-22(30)33-12-19(31)27-14-8-9-16(23)17(24)11-14/h3-9,11,13H,1,10,12H2,2H3,(H,26,32)(H,27,31)/t13-/m0/s1. The van der Waals surface area contributed by atoms with Crippen molar-refractivity contribution in [2.24, 2.45) is 0 Å². The Balaban J connectivity index is 1.67. The molecule has 0 saturated carbocycles. The molecule has 0 unspecified atom stereocenters. The maximum absolute atomic E-state index is 13.9. The van der Waals surface area contributed by atoms with Crippen LogP contribution >= 0.6 is 35.0 Å². The summed E-state index contributed by atoms with van der Waals surface area (Å²) in [6.45, 7) is 5.81. The molecular formula is C22H20Cl2FN5O2S. The Bertz CT molecular complexity index is 1190. The molecular weight excluding hydrogens is 488 g/mol. The zero-order valence-electron chi connectivity index (χ0n) is 17.5. The maximum atomic E-state index is 13.9. The lowest BCUT2D eigenvalue weighted by atomic mass is 10.2. The number of benzene rings is 2. The van der Waals surface area contributed by atoms with Crippen LogP contribution < -0.4 is 10.6 Å². The van der Waals surface area contributed by atoms with Crippen molar-refractivity contribution in [3.05, 3.63) is 82.4 Å². The number of nitrogens with one attached hydrogen (secondary N) is 2. The first kappa shape index (κ1) is 24.8. The van der Waals surface area contributed by atoms with E-state index in [-0.39, 0.29) is 17.2 Å². The molecule has 0 bridgehead atoms. The monoisotopic (exact) mass is 507 g/mol. The van der Waals surface area contributed by atoms with Crippen LogP contribution in [0.4, 0.5) is 10.1 Å². The molecule has 0 fully saturated rings. The summed E-state index contributed by atoms with van der Waals surface area (Å²) in [6, 6.07) is 9.95. The lowest BCUT2D eigenvalue weighted by Crippen LogP contribution is -2.29. The second-order valence-electron chi connectivity index (χ2n) is 6.88. The van der Waals surface area contributed by atoms with Gasteiger partial charge in [0.25, 0.3) is 5.91 Å². The van der Waals surface area contributed by atoms with E-state index in [0.29, 0.717) is 33.3 Å². The highest BCUT2D eigenvalue weighted by atomic mass is 35.5. The van der Waals surface area contributed by atoms with Gasteiger partial charge in [-0.2, -0.15) is 0 Å². The molecule has 2 N–H and O–H groups in total. The van der Waals surface area contributed by atoms with Crippen molar-refractivity contribution in [2.75, 3.05) is 11.1 Å². The number of amides is 2. The van der Waals surface area contributed by atoms with Gasteiger partial charge in [-0.25, -0.2) is 4.39 Å². The number of halogens is 3. The van der Waals surface area contributed by atoms with Crippen LogP contribution in [0, 0.1) is 5.82 Å². The average molecular weight is 508 g/mol. The van der Waals surface area contributed by atoms with Crippen molar-refractivity contribution in [2.45, 2.75) is 24.7 Å². The summed E-state index contributed by atoms with van der Waals surface area (Å²) in [6.07, 6.45) is 1.65. The molecule has 33 heavy (non-hydrogen) atoms. The van der Waals surface area contributed by atoms with Gasteiger partial charge in [0.05, 0.1) is 27.4 Å². The first-order valence-corrected chi connectivity index (χ1v) is 11.5. The highest BCUT2D eigenvalue weighted by Crippen LogP contribution is 2.26. The molecule has 2 amide bonds. The van der Waals surface area contributed by atoms with Crippen molar-refractivity contribution >= 4 is 52.5 Å². The van der Waals surface area contributed by atoms with Crippen LogP contribution in [0.1, 0.15) is 29.1 Å². The fourth-order valence-electron chi connectivity index (χ4n) is 2.91. The Morgan fingerprint density at radius 1 is 1.21 bits per heavy atom. The summed E-state index contributed by atoms with van der Waals surface area (Å²) in [5, 5.41) is 15.0. The van der Waals surface area contributed by atoms with E-state index in [9.17, 15) is 14.0 Å². The van der Waals surface area contributed by atoms with E-state index in [0.717, 1.165) is 0 Å². The van der Waals surface area contributed by atoms with Crippen LogP contribution in [-0.4, -0.2) is 32.3 Å². The molecule has 11 heteroatoms. The fraction of sp³-hybridized carbons (Fsp3) is 0.182. The number of rotatable bonds is 9. The van der Waals surface area contributed by atoms with Gasteiger partial charge in [0.15, 0.2) is 11.0 Å². The average Bonchev–Trinajstić information content (AvgIpc) is 3.18. The van der Waals surface area contributed by atoms with Gasteiger partial charge in [-0.15, -0.1) is 16.8 Å². The van der Waals surface area contributed by atoms with E-state index in [1.807, 2.05) is 0 Å². The molecule has 1 aromatic heterocycles. The van der Waals surface area contributed by atoms with Gasteiger partial charge in [-0.3, -0.25) is 9.59 Å². The van der Waals surface area contributed by atoms with Gasteiger partial charge >= 0.3 is 0 Å². The summed E-state index contributed by atoms with van der Waals surface area (Å²) in [5.41, 5.74) is 0.459. The van der Waals surface area contributed by atoms with Crippen LogP contribution in [0.15, 0.2) is 60.3 Å². The molecule has 172 valence electrons. The van der Waals surface area contributed by atoms with Gasteiger partial charge in [0.1, 0.15) is 5.82 Å². The Morgan fingerprint density at radius 3 is 2.67 bits per heavy atom. The zero-order valence-corrected chi connectivity index (χ0v) is 19.8. The smallest absolute Gasteiger partial charge is 0.254 e. The molecule has 1 heterocycles. The number of carbonyl (C=O) groups is 2. The second-order valence-corrected chi connectivity index (χ2v) is 8.64. The third-order valence-corrected chi connectivity index (χ3v) is 6.15. The lowest BCUT2D eigenvalue weighted by Gasteiger charge is -2.15. The number of thioether (sulfide) groups is 1. The quantitative estimate of drug-likeness (QED) is 0.309. The number of hydrogen-bond donors (Lipinski definition) is 2. The highest BCUT2D eigenvalue weighted by Gasteiger charge is 2.21. The summed E-state index contributed by atoms with van der Waals surface area (Å²) in [4.78, 5) is 24.8. The Hall–Kier alpha value is -2.88. The van der Waals surface area contributed by atoms with Crippen LogP contribution in [0.5, 0.6) is 0 Å². The summed E-state index contributed by atoms with van der Waals surface area (Å²) >= 11 is 13.0. The largest absolute Gasteiger partial charge is 0.342 e. The van der Waals surface area contributed by atoms with E-state index in [4.69, 9.17) is 23.2 Å². The highest BCUT2D eigenvalue weighted by molar-refractivity contribution is 7.99. The Kier molecular flexibility index (Phi) is 8.49. The van der Waals surface area contributed by atoms with Crippen LogP contribution in [0.25, 0.3) is 0 Å². The first-order chi connectivity index (χ1) is 15.8. The minimum atomic E-state index is -0.612. The molecule has 1 atom stereocenters. The second kappa shape index (κ2) is 11.3. The first-order valence-electron chi connectivity index (χ1n) is 9.77. The van der Waals surface area contributed by atoms with Crippen molar-refractivity contribution in [3.8, 4) is 0 Å². The summed E-state index contributed by atoms with van der Waals surface area (Å²) in [5.74, 6) is -0.935. The molecule has 0 aliphatic heterocycles. The normalized spacial score (nSPS) is 11.6. The maximum Gasteiger partial charge on any atom is 0.254 e. The van der Waals surface area contributed by atoms with Gasteiger partial charge in [0.2, 0.25) is 5.91 Å². The number of anilines is 1. The molecule has 0 aliphatic rings. The Morgan fingerprint density at radius 2 is 1.97 bits per heavy atom. The predicted octanol–water partition coefficient (Wildman–Crippen LogP) is 5.13. The number of hydrogen-bond acceptors (Lipinski definition) is 5. The summed E-state index contributed by atoms with van der Waals surface area (Å²) in [7, 11) is 0. The van der Waals surface area contributed by atoms with E-state index in [1.165, 1.54) is 30.0 Å². The molecule has 2 aromatic carbocycles. The van der Waals surface area contributed by atoms with Gasteiger partial charge in [0, 0.05) is 12.2 Å². The molecule has 7 nitrogen and oxygen atoms in total. The number of carbonyl (C=O) groups excluding carboxylic acids is 2. The van der Waals surface area contributed by atoms with Crippen molar-refractivity contribution < 1.29 is 14.0 Å². The van der Waals surface area contributed by atoms with Crippen LogP contribution in [0.2, 0.25) is 10.0 Å². The third-order valence-electron chi connectivity index (χ3n) is 4.45. The zero-order chi connectivity index (χ0) is 24.0. The fourth-order valence-corrected chi connectivity index (χ4v) is 3.97. The van der Waals surface area contributed by atoms with Gasteiger partial charge < -0.3 is 15.2 Å². The van der Waals surface area contributed by atoms with Crippen LogP contribution in [-0.2, 0) is 11.3 Å². The summed E-state index contributed by atoms with van der Waals surface area (Å²) < 4.78 is 15.6. The van der Waals surface area contributed by atoms with E-state index in [2.05, 4.69) is 27.4 Å². The molecule has 3 aromatic rings. The van der Waals surface area contributed by atoms with E-state index >= 15 is 0 Å². The predicted molar refractivity (Wildman–Crippen MR) is 128 cm³/mol. The van der Waals surface area contributed by atoms with Crippen molar-refractivity contribution in [3.63, 3.8) is 0 Å². The SMILES string of the molecule is C=CCn1c(SCC(=O)Nc2ccc(Cl)c(Cl)c2)nnc1[C@H](C)NC(=O)c1ccccc1F. The minimum Gasteiger partial charge on any atom is -0.342 e. The molecule has 0 saturated heterocycles. The van der Waals surface area contributed by atoms with Crippen molar-refractivity contribution in [1.29, 1.82) is 0 Å². The molecule has 0 spiro atoms. The van der Waals surface area contributed by atoms with Crippen LogP contribution in [0.3, 0.4) is 0 Å². The number of nitrogens with zero attached hydrogens (tertiary/aromatic N) is 3. The molecule has 0 radical (unpaired) electrons. The molecule has 3 rings (SSSR count).